The number of carboxylic acid groups (broad SMARTS) is 1. The van der Waals surface area contributed by atoms with Crippen molar-refractivity contribution in [1.29, 1.82) is 0 Å². The van der Waals surface area contributed by atoms with Crippen LogP contribution >= 0.6 is 0 Å². The third-order valence-corrected chi connectivity index (χ3v) is 2.46. The lowest BCUT2D eigenvalue weighted by atomic mass is 9.99. The Hall–Kier alpha value is -1.54. The average molecular weight is 226 g/mol. The molecule has 0 fully saturated rings. The molecule has 0 aliphatic rings. The zero-order valence-electron chi connectivity index (χ0n) is 9.64. The Labute approximate surface area is 95.6 Å². The molecule has 1 amide bonds. The van der Waals surface area contributed by atoms with E-state index in [1.54, 1.807) is 0 Å². The van der Waals surface area contributed by atoms with Crippen LogP contribution in [-0.4, -0.2) is 41.0 Å². The predicted molar refractivity (Wildman–Crippen MR) is 60.5 cm³/mol. The fourth-order valence-corrected chi connectivity index (χ4v) is 1.19. The number of carbonyl (C=O) groups is 2. The van der Waals surface area contributed by atoms with Gasteiger partial charge in [0, 0.05) is 0 Å². The molecule has 0 aliphatic carbocycles. The van der Waals surface area contributed by atoms with Crippen LogP contribution < -0.4 is 5.73 Å². The third-order valence-electron chi connectivity index (χ3n) is 2.46. The first-order valence-electron chi connectivity index (χ1n) is 5.13. The molecule has 2 atom stereocenters. The van der Waals surface area contributed by atoms with Crippen molar-refractivity contribution < 1.29 is 14.7 Å². The van der Waals surface area contributed by atoms with Gasteiger partial charge in [0.15, 0.2) is 0 Å². The summed E-state index contributed by atoms with van der Waals surface area (Å²) < 4.78 is 0. The minimum Gasteiger partial charge on any atom is -0.480 e. The summed E-state index contributed by atoms with van der Waals surface area (Å²) >= 11 is 0. The zero-order chi connectivity index (χ0) is 12.7. The van der Waals surface area contributed by atoms with Crippen LogP contribution in [0.15, 0.2) is 0 Å². The largest absolute Gasteiger partial charge is 0.480 e. The van der Waals surface area contributed by atoms with Gasteiger partial charge in [-0.3, -0.25) is 9.59 Å². The van der Waals surface area contributed by atoms with Crippen LogP contribution in [0.1, 0.15) is 20.3 Å². The van der Waals surface area contributed by atoms with Crippen molar-refractivity contribution in [2.24, 2.45) is 11.7 Å². The van der Waals surface area contributed by atoms with Crippen LogP contribution in [0.5, 0.6) is 0 Å². The molecule has 0 unspecified atom stereocenters. The van der Waals surface area contributed by atoms with Crippen LogP contribution in [0.2, 0.25) is 0 Å². The van der Waals surface area contributed by atoms with Crippen molar-refractivity contribution in [3.05, 3.63) is 0 Å². The highest BCUT2D eigenvalue weighted by Gasteiger charge is 2.25. The maximum atomic E-state index is 11.8. The summed E-state index contributed by atoms with van der Waals surface area (Å²) in [4.78, 5) is 23.4. The highest BCUT2D eigenvalue weighted by Crippen LogP contribution is 2.08. The van der Waals surface area contributed by atoms with E-state index in [4.69, 9.17) is 17.3 Å². The molecule has 0 aromatic rings. The van der Waals surface area contributed by atoms with Crippen molar-refractivity contribution in [2.45, 2.75) is 26.3 Å². The number of hydrogen-bond acceptors (Lipinski definition) is 3. The first-order chi connectivity index (χ1) is 7.43. The molecule has 0 rings (SSSR count). The topological polar surface area (TPSA) is 83.6 Å². The third kappa shape index (κ3) is 4.32. The Kier molecular flexibility index (Phi) is 6.19. The average Bonchev–Trinajstić information content (AvgIpc) is 2.24. The van der Waals surface area contributed by atoms with Gasteiger partial charge in [-0.2, -0.15) is 0 Å². The number of aliphatic carboxylic acids is 1. The molecular formula is C11H18N2O3. The molecule has 0 aromatic carbocycles. The molecule has 5 heteroatoms. The number of terminal acetylenes is 1. The highest BCUT2D eigenvalue weighted by molar-refractivity contribution is 5.85. The van der Waals surface area contributed by atoms with Crippen LogP contribution in [-0.2, 0) is 9.59 Å². The van der Waals surface area contributed by atoms with Gasteiger partial charge >= 0.3 is 5.97 Å². The smallest absolute Gasteiger partial charge is 0.323 e. The van der Waals surface area contributed by atoms with E-state index in [9.17, 15) is 9.59 Å². The second-order valence-electron chi connectivity index (χ2n) is 3.70. The lowest BCUT2D eigenvalue weighted by Gasteiger charge is -2.25. The summed E-state index contributed by atoms with van der Waals surface area (Å²) in [7, 11) is 0. The van der Waals surface area contributed by atoms with Crippen molar-refractivity contribution in [3.8, 4) is 12.3 Å². The zero-order valence-corrected chi connectivity index (χ0v) is 9.64. The van der Waals surface area contributed by atoms with E-state index >= 15 is 0 Å². The summed E-state index contributed by atoms with van der Waals surface area (Å²) in [5.41, 5.74) is 5.73. The molecule has 0 aromatic heterocycles. The maximum Gasteiger partial charge on any atom is 0.323 e. The number of amides is 1. The van der Waals surface area contributed by atoms with Crippen molar-refractivity contribution >= 4 is 11.9 Å². The molecule has 0 saturated heterocycles. The molecular weight excluding hydrogens is 208 g/mol. The Bertz CT molecular complexity index is 296. The second-order valence-corrected chi connectivity index (χ2v) is 3.70. The monoisotopic (exact) mass is 226 g/mol. The van der Waals surface area contributed by atoms with Crippen LogP contribution in [0, 0.1) is 18.3 Å². The summed E-state index contributed by atoms with van der Waals surface area (Å²) in [6.45, 7) is 3.32. The van der Waals surface area contributed by atoms with E-state index in [0.717, 1.165) is 11.3 Å². The molecule has 90 valence electrons. The number of carbonyl (C=O) groups excluding carboxylic acids is 1. The van der Waals surface area contributed by atoms with Gasteiger partial charge in [-0.25, -0.2) is 0 Å². The first kappa shape index (κ1) is 14.5. The lowest BCUT2D eigenvalue weighted by molar-refractivity contribution is -0.145. The van der Waals surface area contributed by atoms with Crippen LogP contribution in [0.4, 0.5) is 0 Å². The van der Waals surface area contributed by atoms with Crippen molar-refractivity contribution in [3.63, 3.8) is 0 Å². The summed E-state index contributed by atoms with van der Waals surface area (Å²) in [5, 5.41) is 8.63. The number of rotatable bonds is 6. The molecule has 0 bridgehead atoms. The molecule has 0 heterocycles. The minimum atomic E-state index is -1.10. The minimum absolute atomic E-state index is 0.00145. The van der Waals surface area contributed by atoms with Crippen molar-refractivity contribution in [2.75, 3.05) is 13.1 Å². The van der Waals surface area contributed by atoms with E-state index in [2.05, 4.69) is 5.92 Å². The molecule has 0 saturated carbocycles. The van der Waals surface area contributed by atoms with E-state index in [-0.39, 0.29) is 12.5 Å². The summed E-state index contributed by atoms with van der Waals surface area (Å²) in [6.07, 6.45) is 5.83. The predicted octanol–water partition coefficient (Wildman–Crippen LogP) is -0.0938. The van der Waals surface area contributed by atoms with Gasteiger partial charge < -0.3 is 15.7 Å². The second kappa shape index (κ2) is 6.85. The van der Waals surface area contributed by atoms with Crippen LogP contribution in [0.25, 0.3) is 0 Å². The van der Waals surface area contributed by atoms with E-state index in [1.807, 2.05) is 13.8 Å². The van der Waals surface area contributed by atoms with E-state index in [0.29, 0.717) is 0 Å². The lowest BCUT2D eigenvalue weighted by Crippen LogP contribution is -2.48. The summed E-state index contributed by atoms with van der Waals surface area (Å²) in [5.74, 6) is 0.749. The fourth-order valence-electron chi connectivity index (χ4n) is 1.19. The quantitative estimate of drug-likeness (QED) is 0.620. The standard InChI is InChI=1S/C11H18N2O3/c1-4-6-13(7-9(14)15)11(16)10(12)8(3)5-2/h1,8,10H,5-7,12H2,2-3H3,(H,14,15)/t8-,10-/m0/s1. The number of carboxylic acids is 1. The number of nitrogens with two attached hydrogens (primary N) is 1. The maximum absolute atomic E-state index is 11.8. The normalized spacial score (nSPS) is 13.6. The van der Waals surface area contributed by atoms with Gasteiger partial charge in [-0.05, 0) is 5.92 Å². The molecule has 0 spiro atoms. The van der Waals surface area contributed by atoms with E-state index < -0.39 is 24.5 Å². The van der Waals surface area contributed by atoms with Gasteiger partial charge in [-0.1, -0.05) is 26.2 Å². The van der Waals surface area contributed by atoms with Gasteiger partial charge in [0.1, 0.15) is 6.54 Å². The molecule has 5 nitrogen and oxygen atoms in total. The van der Waals surface area contributed by atoms with Gasteiger partial charge in [0.2, 0.25) is 5.91 Å². The van der Waals surface area contributed by atoms with Gasteiger partial charge in [-0.15, -0.1) is 6.42 Å². The van der Waals surface area contributed by atoms with Gasteiger partial charge in [0.05, 0.1) is 12.6 Å². The van der Waals surface area contributed by atoms with Crippen molar-refractivity contribution in [1.82, 2.24) is 4.90 Å². The molecule has 0 aliphatic heterocycles. The Morgan fingerprint density at radius 3 is 2.50 bits per heavy atom. The van der Waals surface area contributed by atoms with E-state index in [1.165, 1.54) is 0 Å². The Morgan fingerprint density at radius 2 is 2.12 bits per heavy atom. The van der Waals surface area contributed by atoms with Gasteiger partial charge in [0.25, 0.3) is 0 Å². The molecule has 16 heavy (non-hydrogen) atoms. The fraction of sp³-hybridized carbons (Fsp3) is 0.636. The molecule has 0 radical (unpaired) electrons. The first-order valence-corrected chi connectivity index (χ1v) is 5.13. The highest BCUT2D eigenvalue weighted by atomic mass is 16.4. The number of hydrogen-bond donors (Lipinski definition) is 2. The molecule has 3 N–H and O–H groups in total. The number of nitrogens with zero attached hydrogens (tertiary/aromatic N) is 1. The SMILES string of the molecule is C#CCN(CC(=O)O)C(=O)[C@@H](N)[C@@H](C)CC. The Morgan fingerprint density at radius 1 is 1.56 bits per heavy atom. The Balaban J connectivity index is 4.60. The summed E-state index contributed by atoms with van der Waals surface area (Å²) in [6, 6.07) is -0.697. The van der Waals surface area contributed by atoms with Crippen LogP contribution in [0.3, 0.4) is 0 Å².